The van der Waals surface area contributed by atoms with Gasteiger partial charge in [-0.2, -0.15) is 0 Å². The number of halogens is 2. The Labute approximate surface area is 172 Å². The van der Waals surface area contributed by atoms with Crippen molar-refractivity contribution in [2.45, 2.75) is 0 Å². The van der Waals surface area contributed by atoms with Crippen LogP contribution in [0, 0.1) is 5.82 Å². The topological polar surface area (TPSA) is 68.4 Å². The van der Waals surface area contributed by atoms with Crippen molar-refractivity contribution in [2.24, 2.45) is 0 Å². The van der Waals surface area contributed by atoms with Crippen molar-refractivity contribution in [3.8, 4) is 0 Å². The molecule has 8 heteroatoms. The van der Waals surface area contributed by atoms with E-state index in [0.29, 0.717) is 48.0 Å². The zero-order valence-electron chi connectivity index (χ0n) is 15.6. The second kappa shape index (κ2) is 8.23. The van der Waals surface area contributed by atoms with Crippen LogP contribution in [-0.2, 0) is 4.79 Å². The molecule has 1 saturated heterocycles. The summed E-state index contributed by atoms with van der Waals surface area (Å²) < 4.78 is 13.4. The van der Waals surface area contributed by atoms with Crippen LogP contribution in [0.4, 0.5) is 10.1 Å². The summed E-state index contributed by atoms with van der Waals surface area (Å²) in [5, 5.41) is 4.13. The zero-order valence-corrected chi connectivity index (χ0v) is 16.4. The van der Waals surface area contributed by atoms with Gasteiger partial charge >= 0.3 is 0 Å². The number of amides is 2. The molecule has 2 aromatic carbocycles. The first-order valence-corrected chi connectivity index (χ1v) is 9.71. The number of H-pyrrole nitrogens is 1. The number of hydrogen-bond donors (Lipinski definition) is 2. The van der Waals surface area contributed by atoms with Gasteiger partial charge in [-0.05, 0) is 48.5 Å². The molecule has 3 aromatic rings. The number of piperazine rings is 1. The Balaban J connectivity index is 1.30. The van der Waals surface area contributed by atoms with Crippen molar-refractivity contribution in [3.63, 3.8) is 0 Å². The molecule has 2 heterocycles. The maximum atomic E-state index is 13.4. The van der Waals surface area contributed by atoms with E-state index in [1.807, 2.05) is 4.90 Å². The number of nitrogens with zero attached hydrogens (tertiary/aromatic N) is 2. The highest BCUT2D eigenvalue weighted by Crippen LogP contribution is 2.18. The number of aromatic amines is 1. The normalized spacial score (nSPS) is 14.9. The van der Waals surface area contributed by atoms with Crippen LogP contribution in [0.1, 0.15) is 10.5 Å². The second-order valence-corrected chi connectivity index (χ2v) is 7.47. The fraction of sp³-hybridized carbons (Fsp3) is 0.238. The molecule has 1 aliphatic heterocycles. The average molecular weight is 415 g/mol. The summed E-state index contributed by atoms with van der Waals surface area (Å²) in [6.45, 7) is 2.52. The van der Waals surface area contributed by atoms with Gasteiger partial charge in [-0.25, -0.2) is 4.39 Å². The maximum Gasteiger partial charge on any atom is 0.270 e. The number of fused-ring (bicyclic) bond motifs is 1. The van der Waals surface area contributed by atoms with E-state index in [4.69, 9.17) is 11.6 Å². The highest BCUT2D eigenvalue weighted by Gasteiger charge is 2.24. The van der Waals surface area contributed by atoms with E-state index in [1.165, 1.54) is 12.1 Å². The molecule has 0 unspecified atom stereocenters. The molecule has 1 aliphatic rings. The third kappa shape index (κ3) is 4.58. The van der Waals surface area contributed by atoms with Crippen molar-refractivity contribution < 1.29 is 14.0 Å². The quantitative estimate of drug-likeness (QED) is 0.688. The van der Waals surface area contributed by atoms with Crippen LogP contribution in [0.2, 0.25) is 5.02 Å². The summed E-state index contributed by atoms with van der Waals surface area (Å²) in [6, 6.07) is 13.0. The average Bonchev–Trinajstić information content (AvgIpc) is 3.13. The van der Waals surface area contributed by atoms with Crippen LogP contribution in [0.25, 0.3) is 10.9 Å². The molecule has 0 atom stereocenters. The van der Waals surface area contributed by atoms with Crippen LogP contribution in [-0.4, -0.2) is 59.3 Å². The SMILES string of the molecule is O=C(CN1CCN(C(=O)c2cc3cc(F)ccc3[nH]2)CC1)Nc1ccc(Cl)cc1. The lowest BCUT2D eigenvalue weighted by atomic mass is 10.2. The predicted octanol–water partition coefficient (Wildman–Crippen LogP) is 3.36. The molecule has 1 fully saturated rings. The number of nitrogens with one attached hydrogen (secondary N) is 2. The van der Waals surface area contributed by atoms with Gasteiger partial charge in [-0.3, -0.25) is 14.5 Å². The highest BCUT2D eigenvalue weighted by atomic mass is 35.5. The standard InChI is InChI=1S/C21H20ClFN4O2/c22-15-1-4-17(5-2-15)24-20(28)13-26-7-9-27(10-8-26)21(29)19-12-14-11-16(23)3-6-18(14)25-19/h1-6,11-12,25H,7-10,13H2,(H,24,28). The van der Waals surface area contributed by atoms with Crippen molar-refractivity contribution in [1.82, 2.24) is 14.8 Å². The fourth-order valence-electron chi connectivity index (χ4n) is 3.43. The van der Waals surface area contributed by atoms with Crippen LogP contribution in [0.3, 0.4) is 0 Å². The largest absolute Gasteiger partial charge is 0.351 e. The van der Waals surface area contributed by atoms with Crippen molar-refractivity contribution in [1.29, 1.82) is 0 Å². The number of carbonyl (C=O) groups excluding carboxylic acids is 2. The molecule has 150 valence electrons. The van der Waals surface area contributed by atoms with Gasteiger partial charge in [0.15, 0.2) is 0 Å². The van der Waals surface area contributed by atoms with E-state index >= 15 is 0 Å². The monoisotopic (exact) mass is 414 g/mol. The third-order valence-electron chi connectivity index (χ3n) is 4.97. The number of aromatic nitrogens is 1. The molecular formula is C21H20ClFN4O2. The maximum absolute atomic E-state index is 13.4. The Bertz CT molecular complexity index is 1040. The summed E-state index contributed by atoms with van der Waals surface area (Å²) in [7, 11) is 0. The molecule has 0 aliphatic carbocycles. The van der Waals surface area contributed by atoms with Gasteiger partial charge in [0.05, 0.1) is 6.54 Å². The van der Waals surface area contributed by atoms with Crippen molar-refractivity contribution in [2.75, 3.05) is 38.0 Å². The van der Waals surface area contributed by atoms with Gasteiger partial charge in [0.2, 0.25) is 5.91 Å². The zero-order chi connectivity index (χ0) is 20.4. The lowest BCUT2D eigenvalue weighted by Crippen LogP contribution is -2.50. The van der Waals surface area contributed by atoms with Crippen LogP contribution < -0.4 is 5.32 Å². The molecule has 0 radical (unpaired) electrons. The molecule has 0 spiro atoms. The Kier molecular flexibility index (Phi) is 5.51. The first kappa shape index (κ1) is 19.4. The molecular weight excluding hydrogens is 395 g/mol. The summed E-state index contributed by atoms with van der Waals surface area (Å²) in [4.78, 5) is 31.8. The van der Waals surface area contributed by atoms with Crippen LogP contribution in [0.5, 0.6) is 0 Å². The Hall–Kier alpha value is -2.90. The predicted molar refractivity (Wildman–Crippen MR) is 111 cm³/mol. The van der Waals surface area contributed by atoms with Crippen molar-refractivity contribution in [3.05, 3.63) is 65.1 Å². The van der Waals surface area contributed by atoms with Gasteiger partial charge < -0.3 is 15.2 Å². The van der Waals surface area contributed by atoms with E-state index < -0.39 is 0 Å². The Morgan fingerprint density at radius 2 is 1.76 bits per heavy atom. The molecule has 2 amide bonds. The van der Waals surface area contributed by atoms with Gasteiger partial charge in [-0.15, -0.1) is 0 Å². The first-order valence-electron chi connectivity index (χ1n) is 9.33. The minimum absolute atomic E-state index is 0.107. The van der Waals surface area contributed by atoms with Gasteiger partial charge in [0.25, 0.3) is 5.91 Å². The number of hydrogen-bond acceptors (Lipinski definition) is 3. The summed E-state index contributed by atoms with van der Waals surface area (Å²) >= 11 is 5.85. The number of carbonyl (C=O) groups is 2. The lowest BCUT2D eigenvalue weighted by molar-refractivity contribution is -0.117. The number of benzene rings is 2. The van der Waals surface area contributed by atoms with Gasteiger partial charge in [0, 0.05) is 47.8 Å². The van der Waals surface area contributed by atoms with E-state index in [2.05, 4.69) is 10.3 Å². The molecule has 6 nitrogen and oxygen atoms in total. The van der Waals surface area contributed by atoms with Crippen LogP contribution in [0.15, 0.2) is 48.5 Å². The highest BCUT2D eigenvalue weighted by molar-refractivity contribution is 6.30. The van der Waals surface area contributed by atoms with E-state index in [1.54, 1.807) is 41.3 Å². The minimum atomic E-state index is -0.332. The van der Waals surface area contributed by atoms with Gasteiger partial charge in [0.1, 0.15) is 11.5 Å². The number of rotatable bonds is 4. The summed E-state index contributed by atoms with van der Waals surface area (Å²) in [5.41, 5.74) is 1.87. The van der Waals surface area contributed by atoms with Gasteiger partial charge in [-0.1, -0.05) is 11.6 Å². The Morgan fingerprint density at radius 1 is 1.03 bits per heavy atom. The molecule has 29 heavy (non-hydrogen) atoms. The Morgan fingerprint density at radius 3 is 2.48 bits per heavy atom. The smallest absolute Gasteiger partial charge is 0.270 e. The number of anilines is 1. The summed E-state index contributed by atoms with van der Waals surface area (Å²) in [5.74, 6) is -0.558. The lowest BCUT2D eigenvalue weighted by Gasteiger charge is -2.34. The molecule has 1 aromatic heterocycles. The van der Waals surface area contributed by atoms with E-state index in [0.717, 1.165) is 5.52 Å². The molecule has 0 bridgehead atoms. The first-order chi connectivity index (χ1) is 14.0. The second-order valence-electron chi connectivity index (χ2n) is 7.04. The fourth-order valence-corrected chi connectivity index (χ4v) is 3.56. The molecule has 4 rings (SSSR count). The summed E-state index contributed by atoms with van der Waals surface area (Å²) in [6.07, 6.45) is 0. The molecule has 0 saturated carbocycles. The minimum Gasteiger partial charge on any atom is -0.351 e. The van der Waals surface area contributed by atoms with Crippen LogP contribution >= 0.6 is 11.6 Å². The molecule has 2 N–H and O–H groups in total. The third-order valence-corrected chi connectivity index (χ3v) is 5.22. The van der Waals surface area contributed by atoms with E-state index in [-0.39, 0.29) is 24.2 Å². The van der Waals surface area contributed by atoms with E-state index in [9.17, 15) is 14.0 Å². The van der Waals surface area contributed by atoms with Crippen molar-refractivity contribution >= 4 is 40.0 Å².